The second kappa shape index (κ2) is 7.12. The average molecular weight is 267 g/mol. The Kier molecular flexibility index (Phi) is 5.80. The summed E-state index contributed by atoms with van der Waals surface area (Å²) in [5, 5.41) is 9.01. The summed E-state index contributed by atoms with van der Waals surface area (Å²) in [6, 6.07) is 6.21. The molecule has 1 rings (SSSR count). The van der Waals surface area contributed by atoms with Crippen molar-refractivity contribution in [3.8, 4) is 0 Å². The molecule has 1 unspecified atom stereocenters. The molecule has 0 fully saturated rings. The van der Waals surface area contributed by atoms with Crippen molar-refractivity contribution in [1.82, 2.24) is 0 Å². The molecule has 0 aliphatic carbocycles. The highest BCUT2D eigenvalue weighted by Gasteiger charge is 2.16. The fourth-order valence-corrected chi connectivity index (χ4v) is 1.80. The van der Waals surface area contributed by atoms with Crippen molar-refractivity contribution in [2.45, 2.75) is 27.2 Å². The van der Waals surface area contributed by atoms with E-state index in [1.165, 1.54) is 12.1 Å². The Morgan fingerprint density at radius 2 is 1.84 bits per heavy atom. The molecular weight excluding hydrogens is 245 g/mol. The molecule has 4 heteroatoms. The summed E-state index contributed by atoms with van der Waals surface area (Å²) in [6.07, 6.45) is 0.976. The van der Waals surface area contributed by atoms with Gasteiger partial charge in [0.05, 0.1) is 5.92 Å². The van der Waals surface area contributed by atoms with Crippen molar-refractivity contribution in [2.75, 3.05) is 18.0 Å². The highest BCUT2D eigenvalue weighted by atomic mass is 19.1. The normalized spacial score (nSPS) is 12.5. The molecule has 0 saturated heterocycles. The molecule has 106 valence electrons. The van der Waals surface area contributed by atoms with E-state index in [9.17, 15) is 9.18 Å². The van der Waals surface area contributed by atoms with Crippen molar-refractivity contribution < 1.29 is 14.3 Å². The minimum absolute atomic E-state index is 0.279. The summed E-state index contributed by atoms with van der Waals surface area (Å²) in [6.45, 7) is 7.16. The lowest BCUT2D eigenvalue weighted by Gasteiger charge is -2.27. The lowest BCUT2D eigenvalue weighted by molar-refractivity contribution is -0.140. The molecule has 0 bridgehead atoms. The largest absolute Gasteiger partial charge is 0.481 e. The van der Waals surface area contributed by atoms with E-state index in [1.807, 2.05) is 4.90 Å². The van der Waals surface area contributed by atoms with Crippen LogP contribution >= 0.6 is 0 Å². The van der Waals surface area contributed by atoms with Gasteiger partial charge in [0.1, 0.15) is 5.82 Å². The number of halogens is 1. The topological polar surface area (TPSA) is 40.5 Å². The van der Waals surface area contributed by atoms with Crippen LogP contribution in [0.25, 0.3) is 0 Å². The first-order valence-electron chi connectivity index (χ1n) is 6.63. The molecule has 1 N–H and O–H groups in total. The van der Waals surface area contributed by atoms with E-state index in [0.717, 1.165) is 18.7 Å². The third kappa shape index (κ3) is 5.28. The van der Waals surface area contributed by atoms with Gasteiger partial charge in [0.2, 0.25) is 0 Å². The fourth-order valence-electron chi connectivity index (χ4n) is 1.80. The number of hydrogen-bond acceptors (Lipinski definition) is 2. The van der Waals surface area contributed by atoms with Crippen LogP contribution < -0.4 is 4.90 Å². The zero-order valence-corrected chi connectivity index (χ0v) is 11.8. The number of carboxylic acids is 1. The summed E-state index contributed by atoms with van der Waals surface area (Å²) in [5.74, 6) is -0.990. The molecular formula is C15H22FNO2. The van der Waals surface area contributed by atoms with Gasteiger partial charge in [-0.25, -0.2) is 4.39 Å². The highest BCUT2D eigenvalue weighted by molar-refractivity contribution is 5.70. The number of carboxylic acid groups (broad SMARTS) is 1. The molecule has 0 amide bonds. The zero-order chi connectivity index (χ0) is 14.4. The van der Waals surface area contributed by atoms with Crippen LogP contribution in [-0.4, -0.2) is 24.2 Å². The van der Waals surface area contributed by atoms with Crippen molar-refractivity contribution in [1.29, 1.82) is 0 Å². The van der Waals surface area contributed by atoms with Gasteiger partial charge in [-0.2, -0.15) is 0 Å². The van der Waals surface area contributed by atoms with Gasteiger partial charge in [-0.1, -0.05) is 20.8 Å². The Balaban J connectivity index is 2.78. The van der Waals surface area contributed by atoms with Crippen LogP contribution in [0.1, 0.15) is 27.2 Å². The molecule has 3 nitrogen and oxygen atoms in total. The van der Waals surface area contributed by atoms with Crippen LogP contribution in [0.4, 0.5) is 10.1 Å². The summed E-state index contributed by atoms with van der Waals surface area (Å²) >= 11 is 0. The Labute approximate surface area is 114 Å². The smallest absolute Gasteiger partial charge is 0.308 e. The maximum atomic E-state index is 12.9. The molecule has 0 saturated carbocycles. The van der Waals surface area contributed by atoms with Gasteiger partial charge < -0.3 is 10.0 Å². The van der Waals surface area contributed by atoms with Gasteiger partial charge in [-0.3, -0.25) is 4.79 Å². The van der Waals surface area contributed by atoms with E-state index < -0.39 is 11.9 Å². The van der Waals surface area contributed by atoms with E-state index in [2.05, 4.69) is 13.8 Å². The molecule has 1 aromatic carbocycles. The van der Waals surface area contributed by atoms with Crippen molar-refractivity contribution >= 4 is 11.7 Å². The van der Waals surface area contributed by atoms with Gasteiger partial charge in [-0.05, 0) is 36.6 Å². The number of rotatable bonds is 7. The summed E-state index contributed by atoms with van der Waals surface area (Å²) in [7, 11) is 0. The highest BCUT2D eigenvalue weighted by Crippen LogP contribution is 2.18. The lowest BCUT2D eigenvalue weighted by Crippen LogP contribution is -2.33. The van der Waals surface area contributed by atoms with E-state index in [4.69, 9.17) is 5.11 Å². The molecule has 0 heterocycles. The van der Waals surface area contributed by atoms with Crippen molar-refractivity contribution in [3.63, 3.8) is 0 Å². The van der Waals surface area contributed by atoms with Gasteiger partial charge >= 0.3 is 5.97 Å². The number of carbonyl (C=O) groups is 1. The van der Waals surface area contributed by atoms with Gasteiger partial charge in [-0.15, -0.1) is 0 Å². The van der Waals surface area contributed by atoms with Crippen molar-refractivity contribution in [2.24, 2.45) is 11.8 Å². The van der Waals surface area contributed by atoms with Crippen LogP contribution in [0, 0.1) is 17.7 Å². The Bertz CT molecular complexity index is 403. The van der Waals surface area contributed by atoms with Gasteiger partial charge in [0.15, 0.2) is 0 Å². The second-order valence-corrected chi connectivity index (χ2v) is 5.34. The fraction of sp³-hybridized carbons (Fsp3) is 0.533. The van der Waals surface area contributed by atoms with E-state index >= 15 is 0 Å². The zero-order valence-electron chi connectivity index (χ0n) is 11.8. The summed E-state index contributed by atoms with van der Waals surface area (Å²) in [4.78, 5) is 13.0. The third-order valence-corrected chi connectivity index (χ3v) is 3.08. The molecule has 1 atom stereocenters. The monoisotopic (exact) mass is 267 g/mol. The van der Waals surface area contributed by atoms with Crippen LogP contribution in [0.3, 0.4) is 0 Å². The molecule has 0 aliphatic heterocycles. The first kappa shape index (κ1) is 15.5. The third-order valence-electron chi connectivity index (χ3n) is 3.08. The van der Waals surface area contributed by atoms with Crippen LogP contribution in [0.2, 0.25) is 0 Å². The van der Waals surface area contributed by atoms with Crippen molar-refractivity contribution in [3.05, 3.63) is 30.1 Å². The molecule has 0 aliphatic rings. The SMILES string of the molecule is CC(C)CCN(CC(C)C(=O)O)c1ccc(F)cc1. The Hall–Kier alpha value is -1.58. The first-order valence-corrected chi connectivity index (χ1v) is 6.63. The van der Waals surface area contributed by atoms with Crippen LogP contribution in [0.5, 0.6) is 0 Å². The summed E-state index contributed by atoms with van der Waals surface area (Å²) in [5.41, 5.74) is 0.871. The molecule has 0 spiro atoms. The molecule has 0 aromatic heterocycles. The minimum Gasteiger partial charge on any atom is -0.481 e. The number of nitrogens with zero attached hydrogens (tertiary/aromatic N) is 1. The van der Waals surface area contributed by atoms with E-state index in [0.29, 0.717) is 12.5 Å². The Morgan fingerprint density at radius 1 is 1.26 bits per heavy atom. The first-order chi connectivity index (χ1) is 8.90. The molecule has 0 radical (unpaired) electrons. The maximum Gasteiger partial charge on any atom is 0.308 e. The minimum atomic E-state index is -0.809. The molecule has 1 aromatic rings. The number of hydrogen-bond donors (Lipinski definition) is 1. The van der Waals surface area contributed by atoms with Crippen LogP contribution in [-0.2, 0) is 4.79 Å². The summed E-state index contributed by atoms with van der Waals surface area (Å²) < 4.78 is 12.9. The van der Waals surface area contributed by atoms with E-state index in [1.54, 1.807) is 19.1 Å². The average Bonchev–Trinajstić information content (AvgIpc) is 2.35. The number of benzene rings is 1. The van der Waals surface area contributed by atoms with E-state index in [-0.39, 0.29) is 5.82 Å². The standard InChI is InChI=1S/C15H22FNO2/c1-11(2)8-9-17(10-12(3)15(18)19)14-6-4-13(16)5-7-14/h4-7,11-12H,8-10H2,1-3H3,(H,18,19). The van der Waals surface area contributed by atoms with Gasteiger partial charge in [0.25, 0.3) is 0 Å². The quantitative estimate of drug-likeness (QED) is 0.823. The van der Waals surface area contributed by atoms with Crippen LogP contribution in [0.15, 0.2) is 24.3 Å². The Morgan fingerprint density at radius 3 is 2.32 bits per heavy atom. The van der Waals surface area contributed by atoms with Gasteiger partial charge in [0, 0.05) is 18.8 Å². The lowest BCUT2D eigenvalue weighted by atomic mass is 10.1. The second-order valence-electron chi connectivity index (χ2n) is 5.34. The maximum absolute atomic E-state index is 12.9. The number of aliphatic carboxylic acids is 1. The molecule has 19 heavy (non-hydrogen) atoms. The predicted molar refractivity (Wildman–Crippen MR) is 74.9 cm³/mol. The predicted octanol–water partition coefficient (Wildman–Crippen LogP) is 3.40. The number of anilines is 1.